The number of aliphatic hydroxyl groups is 1. The van der Waals surface area contributed by atoms with Crippen molar-refractivity contribution in [1.82, 2.24) is 10.2 Å². The van der Waals surface area contributed by atoms with Crippen LogP contribution in [0.4, 0.5) is 9.52 Å². The molecule has 5 rings (SSSR count). The van der Waals surface area contributed by atoms with Crippen molar-refractivity contribution in [2.45, 2.75) is 21.0 Å². The molecule has 1 aliphatic rings. The van der Waals surface area contributed by atoms with Gasteiger partial charge in [-0.3, -0.25) is 14.5 Å². The number of ketones is 1. The molecule has 3 aromatic carbocycles. The molecule has 6 nitrogen and oxygen atoms in total. The zero-order valence-corrected chi connectivity index (χ0v) is 21.9. The number of carbonyl (C=O) groups excluding carboxylic acids is 2. The van der Waals surface area contributed by atoms with Gasteiger partial charge in [0.25, 0.3) is 5.78 Å². The third kappa shape index (κ3) is 5.18. The summed E-state index contributed by atoms with van der Waals surface area (Å²) in [4.78, 5) is 28.9. The van der Waals surface area contributed by atoms with Crippen molar-refractivity contribution < 1.29 is 19.1 Å². The minimum Gasteiger partial charge on any atom is -0.507 e. The predicted molar refractivity (Wildman–Crippen MR) is 145 cm³/mol. The number of carbonyl (C=O) groups is 2. The predicted octanol–water partition coefficient (Wildman–Crippen LogP) is 6.32. The molecule has 2 heterocycles. The molecule has 0 saturated carbocycles. The number of amides is 1. The van der Waals surface area contributed by atoms with Gasteiger partial charge in [0.15, 0.2) is 4.34 Å². The van der Waals surface area contributed by atoms with E-state index in [1.165, 1.54) is 40.1 Å². The van der Waals surface area contributed by atoms with Crippen molar-refractivity contribution in [3.05, 3.63) is 107 Å². The average molecular weight is 550 g/mol. The summed E-state index contributed by atoms with van der Waals surface area (Å²) < 4.78 is 13.8. The Morgan fingerprint density at radius 3 is 2.38 bits per heavy atom. The molecule has 0 spiro atoms. The summed E-state index contributed by atoms with van der Waals surface area (Å²) >= 11 is 4.16. The first-order valence-electron chi connectivity index (χ1n) is 11.2. The number of halogens is 1. The lowest BCUT2D eigenvalue weighted by Crippen LogP contribution is -2.29. The highest BCUT2D eigenvalue weighted by molar-refractivity contribution is 8.00. The van der Waals surface area contributed by atoms with Gasteiger partial charge >= 0.3 is 5.91 Å². The van der Waals surface area contributed by atoms with Crippen LogP contribution in [0.1, 0.15) is 22.7 Å². The molecular formula is C27H20FN3O3S3. The number of anilines is 1. The molecule has 1 saturated heterocycles. The Morgan fingerprint density at radius 2 is 1.70 bits per heavy atom. The molecule has 0 aliphatic carbocycles. The highest BCUT2D eigenvalue weighted by Gasteiger charge is 2.48. The second-order valence-corrected chi connectivity index (χ2v) is 11.1. The van der Waals surface area contributed by atoms with Crippen molar-refractivity contribution >= 4 is 57.4 Å². The first-order chi connectivity index (χ1) is 18.0. The van der Waals surface area contributed by atoms with Gasteiger partial charge in [-0.2, -0.15) is 0 Å². The quantitative estimate of drug-likeness (QED) is 0.0950. The number of aromatic nitrogens is 2. The van der Waals surface area contributed by atoms with E-state index in [0.29, 0.717) is 21.2 Å². The number of hydrogen-bond acceptors (Lipinski definition) is 8. The standard InChI is InChI=1S/C27H20FN3O3S3/c1-35-20-13-9-17(10-14-20)22-21(23(32)18-5-3-2-4-6-18)24(33)25(34)31(22)26-29-30-27(37-26)36-15-16-7-11-19(28)12-8-16/h2-14,22,32H,15H2,1H3/b23-21+. The van der Waals surface area contributed by atoms with Gasteiger partial charge in [0.1, 0.15) is 11.6 Å². The fourth-order valence-electron chi connectivity index (χ4n) is 3.97. The summed E-state index contributed by atoms with van der Waals surface area (Å²) in [5.41, 5.74) is 2.04. The molecule has 1 aliphatic heterocycles. The fourth-order valence-corrected chi connectivity index (χ4v) is 6.20. The Morgan fingerprint density at radius 1 is 1.00 bits per heavy atom. The second kappa shape index (κ2) is 10.9. The zero-order chi connectivity index (χ0) is 25.9. The molecule has 37 heavy (non-hydrogen) atoms. The van der Waals surface area contributed by atoms with Crippen molar-refractivity contribution in [3.8, 4) is 0 Å². The summed E-state index contributed by atoms with van der Waals surface area (Å²) in [6.07, 6.45) is 1.96. The van der Waals surface area contributed by atoms with E-state index >= 15 is 0 Å². The molecule has 1 fully saturated rings. The molecule has 186 valence electrons. The number of rotatable bonds is 7. The first-order valence-corrected chi connectivity index (χ1v) is 14.2. The van der Waals surface area contributed by atoms with Crippen molar-refractivity contribution in [1.29, 1.82) is 0 Å². The fraction of sp³-hybridized carbons (Fsp3) is 0.111. The lowest BCUT2D eigenvalue weighted by molar-refractivity contribution is -0.132. The van der Waals surface area contributed by atoms with Crippen LogP contribution in [0, 0.1) is 5.82 Å². The van der Waals surface area contributed by atoms with Gasteiger partial charge in [-0.1, -0.05) is 77.7 Å². The van der Waals surface area contributed by atoms with E-state index in [0.717, 1.165) is 10.5 Å². The Labute approximate surface area is 225 Å². The van der Waals surface area contributed by atoms with Crippen LogP contribution in [0.25, 0.3) is 5.76 Å². The van der Waals surface area contributed by atoms with Crippen LogP contribution < -0.4 is 4.90 Å². The Hall–Kier alpha value is -3.47. The smallest absolute Gasteiger partial charge is 0.301 e. The number of Topliss-reactive ketones (excluding diaryl/α,β-unsaturated/α-hetero) is 1. The Balaban J connectivity index is 1.52. The molecule has 4 aromatic rings. The zero-order valence-electron chi connectivity index (χ0n) is 19.5. The number of nitrogens with zero attached hydrogens (tertiary/aromatic N) is 3. The van der Waals surface area contributed by atoms with Crippen molar-refractivity contribution in [2.24, 2.45) is 0 Å². The molecule has 1 atom stereocenters. The third-order valence-electron chi connectivity index (χ3n) is 5.80. The van der Waals surface area contributed by atoms with Gasteiger partial charge in [-0.15, -0.1) is 22.0 Å². The molecule has 1 N–H and O–H groups in total. The topological polar surface area (TPSA) is 83.4 Å². The third-order valence-corrected chi connectivity index (χ3v) is 8.67. The molecule has 1 amide bonds. The van der Waals surface area contributed by atoms with Crippen LogP contribution in [0.2, 0.25) is 0 Å². The maximum Gasteiger partial charge on any atom is 0.301 e. The van der Waals surface area contributed by atoms with Crippen molar-refractivity contribution in [3.63, 3.8) is 0 Å². The van der Waals surface area contributed by atoms with E-state index in [4.69, 9.17) is 0 Å². The van der Waals surface area contributed by atoms with E-state index in [1.807, 2.05) is 30.5 Å². The molecule has 1 aromatic heterocycles. The SMILES string of the molecule is CSc1ccc(C2/C(=C(\O)c3ccccc3)C(=O)C(=O)N2c2nnc(SCc3ccc(F)cc3)s2)cc1. The monoisotopic (exact) mass is 549 g/mol. The van der Waals surface area contributed by atoms with E-state index < -0.39 is 17.7 Å². The van der Waals surface area contributed by atoms with Gasteiger partial charge in [0, 0.05) is 16.2 Å². The van der Waals surface area contributed by atoms with E-state index in [9.17, 15) is 19.1 Å². The molecule has 10 heteroatoms. The Bertz CT molecular complexity index is 1470. The lowest BCUT2D eigenvalue weighted by Gasteiger charge is -2.22. The molecule has 0 bridgehead atoms. The van der Waals surface area contributed by atoms with Crippen LogP contribution in [0.5, 0.6) is 0 Å². The summed E-state index contributed by atoms with van der Waals surface area (Å²) in [6.45, 7) is 0. The molecular weight excluding hydrogens is 530 g/mol. The minimum atomic E-state index is -0.862. The van der Waals surface area contributed by atoms with Crippen LogP contribution in [-0.2, 0) is 15.3 Å². The maximum atomic E-state index is 13.3. The average Bonchev–Trinajstić information content (AvgIpc) is 3.50. The van der Waals surface area contributed by atoms with E-state index in [1.54, 1.807) is 54.2 Å². The van der Waals surface area contributed by atoms with Gasteiger partial charge in [-0.05, 0) is 41.6 Å². The summed E-state index contributed by atoms with van der Waals surface area (Å²) in [7, 11) is 0. The van der Waals surface area contributed by atoms with Gasteiger partial charge in [0.05, 0.1) is 11.6 Å². The maximum absolute atomic E-state index is 13.3. The number of thioether (sulfide) groups is 2. The van der Waals surface area contributed by atoms with Crippen LogP contribution >= 0.6 is 34.9 Å². The molecule has 0 radical (unpaired) electrons. The van der Waals surface area contributed by atoms with Crippen LogP contribution in [-0.4, -0.2) is 33.3 Å². The number of hydrogen-bond donors (Lipinski definition) is 1. The first kappa shape index (κ1) is 25.2. The number of aliphatic hydroxyl groups excluding tert-OH is 1. The summed E-state index contributed by atoms with van der Waals surface area (Å²) in [5.74, 6) is -1.56. The van der Waals surface area contributed by atoms with Crippen LogP contribution in [0.3, 0.4) is 0 Å². The summed E-state index contributed by atoms with van der Waals surface area (Å²) in [5, 5.41) is 19.8. The second-order valence-electron chi connectivity index (χ2n) is 8.07. The number of benzene rings is 3. The highest BCUT2D eigenvalue weighted by Crippen LogP contribution is 2.44. The van der Waals surface area contributed by atoms with Gasteiger partial charge < -0.3 is 5.11 Å². The largest absolute Gasteiger partial charge is 0.507 e. The Kier molecular flexibility index (Phi) is 7.40. The lowest BCUT2D eigenvalue weighted by atomic mass is 9.95. The highest BCUT2D eigenvalue weighted by atomic mass is 32.2. The van der Waals surface area contributed by atoms with Gasteiger partial charge in [0.2, 0.25) is 5.13 Å². The normalized spacial score (nSPS) is 16.9. The summed E-state index contributed by atoms with van der Waals surface area (Å²) in [6, 6.07) is 21.5. The van der Waals surface area contributed by atoms with E-state index in [-0.39, 0.29) is 22.3 Å². The van der Waals surface area contributed by atoms with Crippen LogP contribution in [0.15, 0.2) is 93.7 Å². The van der Waals surface area contributed by atoms with E-state index in [2.05, 4.69) is 10.2 Å². The minimum absolute atomic E-state index is 0.00353. The van der Waals surface area contributed by atoms with Gasteiger partial charge in [-0.25, -0.2) is 4.39 Å². The van der Waals surface area contributed by atoms with Crippen molar-refractivity contribution in [2.75, 3.05) is 11.2 Å². The molecule has 1 unspecified atom stereocenters.